The summed E-state index contributed by atoms with van der Waals surface area (Å²) in [6.07, 6.45) is 0. The molecule has 120 valence electrons. The van der Waals surface area contributed by atoms with Gasteiger partial charge in [0.2, 0.25) is 0 Å². The monoisotopic (exact) mass is 374 g/mol. The highest BCUT2D eigenvalue weighted by atomic mass is 79.9. The maximum Gasteiger partial charge on any atom is 0.277 e. The molecule has 2 rings (SSSR count). The summed E-state index contributed by atoms with van der Waals surface area (Å²) in [6.45, 7) is 5.74. The highest BCUT2D eigenvalue weighted by molar-refractivity contribution is 9.10. The molecule has 0 atom stereocenters. The van der Waals surface area contributed by atoms with Crippen LogP contribution in [0.2, 0.25) is 0 Å². The van der Waals surface area contributed by atoms with Gasteiger partial charge in [-0.2, -0.15) is 5.10 Å². The molecular formula is C18H19BrN2O2. The Morgan fingerprint density at radius 2 is 1.87 bits per heavy atom. The van der Waals surface area contributed by atoms with E-state index in [0.29, 0.717) is 5.75 Å². The molecule has 2 aromatic carbocycles. The Kier molecular flexibility index (Phi) is 5.93. The Balaban J connectivity index is 1.89. The van der Waals surface area contributed by atoms with Crippen LogP contribution in [0, 0.1) is 13.8 Å². The van der Waals surface area contributed by atoms with Crippen LogP contribution < -0.4 is 10.2 Å². The van der Waals surface area contributed by atoms with Gasteiger partial charge in [0.25, 0.3) is 5.91 Å². The predicted octanol–water partition coefficient (Wildman–Crippen LogP) is 3.99. The van der Waals surface area contributed by atoms with Crippen molar-refractivity contribution in [3.63, 3.8) is 0 Å². The van der Waals surface area contributed by atoms with Crippen molar-refractivity contribution in [1.82, 2.24) is 5.43 Å². The van der Waals surface area contributed by atoms with E-state index >= 15 is 0 Å². The van der Waals surface area contributed by atoms with Crippen LogP contribution in [0.5, 0.6) is 5.75 Å². The summed E-state index contributed by atoms with van der Waals surface area (Å²) in [5.74, 6) is 0.417. The number of hydrogen-bond donors (Lipinski definition) is 1. The third-order valence-corrected chi connectivity index (χ3v) is 3.83. The zero-order valence-electron chi connectivity index (χ0n) is 13.4. The van der Waals surface area contributed by atoms with Crippen LogP contribution in [-0.2, 0) is 4.79 Å². The molecule has 0 unspecified atom stereocenters. The summed E-state index contributed by atoms with van der Waals surface area (Å²) in [5, 5.41) is 4.09. The van der Waals surface area contributed by atoms with E-state index in [9.17, 15) is 4.79 Å². The highest BCUT2D eigenvalue weighted by Crippen LogP contribution is 2.18. The number of nitrogens with one attached hydrogen (secondary N) is 1. The molecule has 0 saturated carbocycles. The quantitative estimate of drug-likeness (QED) is 0.635. The normalized spacial score (nSPS) is 11.2. The minimum absolute atomic E-state index is 0.0684. The molecule has 5 heteroatoms. The molecule has 23 heavy (non-hydrogen) atoms. The van der Waals surface area contributed by atoms with Crippen molar-refractivity contribution in [3.8, 4) is 5.75 Å². The SMILES string of the molecule is CC(=NNC(=O)COc1ccc(C)cc1C)c1ccc(Br)cc1. The standard InChI is InChI=1S/C18H19BrN2O2/c1-12-4-9-17(13(2)10-12)23-11-18(22)21-20-14(3)15-5-7-16(19)8-6-15/h4-10H,11H2,1-3H3,(H,21,22). The maximum absolute atomic E-state index is 11.8. The lowest BCUT2D eigenvalue weighted by molar-refractivity contribution is -0.123. The number of halogens is 1. The van der Waals surface area contributed by atoms with Crippen LogP contribution in [0.25, 0.3) is 0 Å². The Bertz CT molecular complexity index is 724. The predicted molar refractivity (Wildman–Crippen MR) is 95.9 cm³/mol. The first-order chi connectivity index (χ1) is 11.0. The van der Waals surface area contributed by atoms with Gasteiger partial charge in [-0.25, -0.2) is 5.43 Å². The van der Waals surface area contributed by atoms with Crippen LogP contribution in [0.3, 0.4) is 0 Å². The average molecular weight is 375 g/mol. The Labute approximate surface area is 144 Å². The number of rotatable bonds is 5. The summed E-state index contributed by atoms with van der Waals surface area (Å²) >= 11 is 3.38. The fourth-order valence-electron chi connectivity index (χ4n) is 2.04. The molecule has 0 aliphatic carbocycles. The second-order valence-corrected chi connectivity index (χ2v) is 6.21. The number of benzene rings is 2. The minimum Gasteiger partial charge on any atom is -0.483 e. The fourth-order valence-corrected chi connectivity index (χ4v) is 2.30. The third kappa shape index (κ3) is 5.21. The van der Waals surface area contributed by atoms with E-state index in [1.165, 1.54) is 0 Å². The van der Waals surface area contributed by atoms with Crippen LogP contribution in [0.1, 0.15) is 23.6 Å². The molecule has 0 bridgehead atoms. The zero-order chi connectivity index (χ0) is 16.8. The first-order valence-electron chi connectivity index (χ1n) is 7.25. The lowest BCUT2D eigenvalue weighted by Gasteiger charge is -2.09. The van der Waals surface area contributed by atoms with Crippen LogP contribution in [-0.4, -0.2) is 18.2 Å². The van der Waals surface area contributed by atoms with Gasteiger partial charge in [0.05, 0.1) is 5.71 Å². The lowest BCUT2D eigenvalue weighted by Crippen LogP contribution is -2.25. The fraction of sp³-hybridized carbons (Fsp3) is 0.222. The van der Waals surface area contributed by atoms with E-state index < -0.39 is 0 Å². The summed E-state index contributed by atoms with van der Waals surface area (Å²) in [5.41, 5.74) is 6.36. The molecule has 0 saturated heterocycles. The van der Waals surface area contributed by atoms with Crippen LogP contribution in [0.15, 0.2) is 52.0 Å². The van der Waals surface area contributed by atoms with Crippen LogP contribution in [0.4, 0.5) is 0 Å². The van der Waals surface area contributed by atoms with Gasteiger partial charge in [-0.3, -0.25) is 4.79 Å². The second-order valence-electron chi connectivity index (χ2n) is 5.30. The summed E-state index contributed by atoms with van der Waals surface area (Å²) in [4.78, 5) is 11.8. The number of carbonyl (C=O) groups excluding carboxylic acids is 1. The number of nitrogens with zero attached hydrogens (tertiary/aromatic N) is 1. The van der Waals surface area contributed by atoms with Crippen molar-refractivity contribution >= 4 is 27.5 Å². The first-order valence-corrected chi connectivity index (χ1v) is 8.04. The third-order valence-electron chi connectivity index (χ3n) is 3.30. The smallest absolute Gasteiger partial charge is 0.277 e. The largest absolute Gasteiger partial charge is 0.483 e. The number of amides is 1. The maximum atomic E-state index is 11.8. The number of carbonyl (C=O) groups is 1. The van der Waals surface area contributed by atoms with E-state index in [4.69, 9.17) is 4.74 Å². The number of hydrogen-bond acceptors (Lipinski definition) is 3. The van der Waals surface area contributed by atoms with Crippen molar-refractivity contribution in [1.29, 1.82) is 0 Å². The molecule has 0 aromatic heterocycles. The molecule has 0 radical (unpaired) electrons. The van der Waals surface area contributed by atoms with Gasteiger partial charge in [0.1, 0.15) is 5.75 Å². The van der Waals surface area contributed by atoms with Crippen molar-refractivity contribution in [3.05, 3.63) is 63.6 Å². The average Bonchev–Trinajstić information content (AvgIpc) is 2.52. The van der Waals surface area contributed by atoms with E-state index in [2.05, 4.69) is 26.5 Å². The van der Waals surface area contributed by atoms with Gasteiger partial charge >= 0.3 is 0 Å². The highest BCUT2D eigenvalue weighted by Gasteiger charge is 2.05. The molecule has 0 fully saturated rings. The van der Waals surface area contributed by atoms with Gasteiger partial charge in [0, 0.05) is 4.47 Å². The van der Waals surface area contributed by atoms with Crippen molar-refractivity contribution in [2.24, 2.45) is 5.10 Å². The first kappa shape index (κ1) is 17.2. The van der Waals surface area contributed by atoms with Crippen molar-refractivity contribution in [2.75, 3.05) is 6.61 Å². The molecule has 4 nitrogen and oxygen atoms in total. The summed E-state index contributed by atoms with van der Waals surface area (Å²) in [7, 11) is 0. The molecular weight excluding hydrogens is 356 g/mol. The van der Waals surface area contributed by atoms with Gasteiger partial charge in [-0.1, -0.05) is 45.8 Å². The van der Waals surface area contributed by atoms with E-state index in [-0.39, 0.29) is 12.5 Å². The number of hydrazone groups is 1. The lowest BCUT2D eigenvalue weighted by atomic mass is 10.1. The van der Waals surface area contributed by atoms with E-state index in [0.717, 1.165) is 26.9 Å². The molecule has 1 N–H and O–H groups in total. The van der Waals surface area contributed by atoms with Gasteiger partial charge in [-0.05, 0) is 50.1 Å². The molecule has 1 amide bonds. The Morgan fingerprint density at radius 3 is 2.52 bits per heavy atom. The van der Waals surface area contributed by atoms with Crippen molar-refractivity contribution in [2.45, 2.75) is 20.8 Å². The topological polar surface area (TPSA) is 50.7 Å². The van der Waals surface area contributed by atoms with Crippen LogP contribution >= 0.6 is 15.9 Å². The number of aryl methyl sites for hydroxylation is 2. The Morgan fingerprint density at radius 1 is 1.17 bits per heavy atom. The minimum atomic E-state index is -0.290. The molecule has 0 spiro atoms. The summed E-state index contributed by atoms with van der Waals surface area (Å²) < 4.78 is 6.52. The van der Waals surface area contributed by atoms with E-state index in [1.54, 1.807) is 0 Å². The molecule has 0 aliphatic rings. The summed E-state index contributed by atoms with van der Waals surface area (Å²) in [6, 6.07) is 13.6. The number of ether oxygens (including phenoxy) is 1. The second kappa shape index (κ2) is 7.92. The van der Waals surface area contributed by atoms with Gasteiger partial charge in [0.15, 0.2) is 6.61 Å². The van der Waals surface area contributed by atoms with E-state index in [1.807, 2.05) is 63.2 Å². The molecule has 0 aliphatic heterocycles. The Hall–Kier alpha value is -2.14. The molecule has 0 heterocycles. The molecule has 2 aromatic rings. The zero-order valence-corrected chi connectivity index (χ0v) is 15.0. The van der Waals surface area contributed by atoms with Gasteiger partial charge < -0.3 is 4.74 Å². The van der Waals surface area contributed by atoms with Gasteiger partial charge in [-0.15, -0.1) is 0 Å². The van der Waals surface area contributed by atoms with Crippen molar-refractivity contribution < 1.29 is 9.53 Å².